The third-order valence-corrected chi connectivity index (χ3v) is 23.9. The fourth-order valence-electron chi connectivity index (χ4n) is 16.9. The van der Waals surface area contributed by atoms with E-state index in [0.29, 0.717) is 76.1 Å². The van der Waals surface area contributed by atoms with Gasteiger partial charge in [0.15, 0.2) is 28.9 Å². The quantitative estimate of drug-likeness (QED) is 0.0407. The van der Waals surface area contributed by atoms with Crippen LogP contribution in [0.2, 0.25) is 0 Å². The Labute approximate surface area is 782 Å². The molecule has 25 heteroatoms. The lowest BCUT2D eigenvalue weighted by Crippen LogP contribution is -2.23. The molecule has 6 aliphatic rings. The van der Waals surface area contributed by atoms with Crippen molar-refractivity contribution in [3.8, 4) is 0 Å². The maximum atomic E-state index is 12.0. The minimum Gasteiger partial charge on any atom is -0.398 e. The summed E-state index contributed by atoms with van der Waals surface area (Å²) in [6.07, 6.45) is 0. The summed E-state index contributed by atoms with van der Waals surface area (Å²) < 4.78 is 0. The van der Waals surface area contributed by atoms with Crippen molar-refractivity contribution in [1.29, 1.82) is 0 Å². The zero-order chi connectivity index (χ0) is 95.6. The SMILES string of the molecule is C=C1CN=C(c2ccc(N(C)C)cc2)c2ccccc21.CCN(CC)c1ccc(C2=NCC(=O)c3ccccc32)c(N)c1.CCN(CC)c1ccc(C2=NCC(=O)c3ccccc32)cc1.CCN(CC)c1ccc(C2=NCC(=O)c3ccccc32)cc1[N+](=O)[O-].CN(C)c1ccc(C2=NCC(=O)c3ccccc32)cc1N.CN(C)c1ccc(C2=NCC(=O)c3ccccc32)cc1[N+](=O)[O-]. The maximum Gasteiger partial charge on any atom is 0.293 e. The molecule has 0 radical (unpaired) electrons. The summed E-state index contributed by atoms with van der Waals surface area (Å²) in [4.78, 5) is 121. The molecular weight excluding hydrogens is 1680 g/mol. The molecule has 18 rings (SSSR count). The minimum atomic E-state index is -0.403. The number of nitrogens with two attached hydrogens (primary N) is 2. The van der Waals surface area contributed by atoms with Gasteiger partial charge in [-0.1, -0.05) is 195 Å². The van der Waals surface area contributed by atoms with E-state index in [1.54, 1.807) is 61.5 Å². The molecule has 4 N–H and O–H groups in total. The first-order valence-corrected chi connectivity index (χ1v) is 44.7. The van der Waals surface area contributed by atoms with Crippen molar-refractivity contribution in [2.24, 2.45) is 30.0 Å². The Kier molecular flexibility index (Phi) is 31.1. The molecule has 12 aromatic carbocycles. The van der Waals surface area contributed by atoms with Gasteiger partial charge in [-0.25, -0.2) is 0 Å². The summed E-state index contributed by atoms with van der Waals surface area (Å²) in [6.45, 7) is 23.3. The van der Waals surface area contributed by atoms with E-state index in [1.807, 2.05) is 191 Å². The van der Waals surface area contributed by atoms with Gasteiger partial charge in [0.1, 0.15) is 44.1 Å². The maximum absolute atomic E-state index is 12.0. The molecular formula is C109H110N16O9. The van der Waals surface area contributed by atoms with Crippen molar-refractivity contribution >= 4 is 126 Å². The number of ketones is 5. The van der Waals surface area contributed by atoms with Crippen LogP contribution in [-0.2, 0) is 0 Å². The third kappa shape index (κ3) is 21.3. The fraction of sp³-hybridized carbons (Fsp3) is 0.220. The van der Waals surface area contributed by atoms with Gasteiger partial charge in [0.05, 0.1) is 62.0 Å². The largest absolute Gasteiger partial charge is 0.398 e. The molecule has 0 fully saturated rings. The Morgan fingerprint density at radius 1 is 0.276 bits per heavy atom. The number of carbonyl (C=O) groups is 5. The van der Waals surface area contributed by atoms with Crippen LogP contribution in [0.5, 0.6) is 0 Å². The number of aliphatic imine (C=N–C) groups is 6. The molecule has 0 amide bonds. The molecule has 0 spiro atoms. The van der Waals surface area contributed by atoms with Gasteiger partial charge in [-0.05, 0) is 119 Å². The highest BCUT2D eigenvalue weighted by Gasteiger charge is 2.30. The van der Waals surface area contributed by atoms with Crippen molar-refractivity contribution in [3.05, 3.63) is 394 Å². The Morgan fingerprint density at radius 3 is 0.896 bits per heavy atom. The van der Waals surface area contributed by atoms with Crippen LogP contribution in [0.3, 0.4) is 0 Å². The summed E-state index contributed by atoms with van der Waals surface area (Å²) in [5, 5.41) is 22.9. The van der Waals surface area contributed by atoms with E-state index in [4.69, 9.17) is 16.5 Å². The number of carbonyl (C=O) groups excluding carboxylic acids is 5. The lowest BCUT2D eigenvalue weighted by Gasteiger charge is -2.23. The van der Waals surface area contributed by atoms with Crippen LogP contribution in [0.4, 0.5) is 56.9 Å². The number of nitrogens with zero attached hydrogens (tertiary/aromatic N) is 14. The van der Waals surface area contributed by atoms with E-state index in [1.165, 1.54) is 28.6 Å². The number of Topliss-reactive ketones (excluding diaryl/α,β-unsaturated/α-hetero) is 5. The van der Waals surface area contributed by atoms with E-state index in [9.17, 15) is 44.2 Å². The molecule has 134 heavy (non-hydrogen) atoms. The number of anilines is 8. The number of hydrogen-bond donors (Lipinski definition) is 2. The van der Waals surface area contributed by atoms with Crippen LogP contribution in [-0.4, -0.2) is 194 Å². The predicted octanol–water partition coefficient (Wildman–Crippen LogP) is 18.9. The van der Waals surface area contributed by atoms with Crippen LogP contribution in [0.1, 0.15) is 166 Å². The molecule has 0 bridgehead atoms. The lowest BCUT2D eigenvalue weighted by molar-refractivity contribution is -0.384. The standard InChI is InChI=1S/C19H19N3O3.C19H21N3O.C19H20N2O.C18H18N2.C17H15N3O3.C17H17N3O/c1-3-21(4-2)16-10-9-13(11-17(16)22(24)25)19-15-8-6-5-7-14(15)18(23)12-20-19;1-3-22(4-2)13-9-10-16(17(20)11-13)19-15-8-6-5-7-14(15)18(23)12-21-19;1-3-21(4-2)15-11-9-14(10-12-15)19-17-8-6-5-7-16(17)18(22)13-20-19;1-13-12-19-18(17-7-5-4-6-16(13)17)14-8-10-15(11-9-14)20(2)3;1-19(2)14-8-7-11(9-15(14)20(22)23)17-13-6-4-3-5-12(13)16(21)10-18-17;1-20(2)15-8-7-11(9-14(15)18)17-13-6-4-3-5-12(13)16(21)10-19-17/h5-11H,3-4,12H2,1-2H3;5-11H,3-4,12,20H2,1-2H3;5-12H,3-4,13H2,1-2H3;4-11H,1,12H2,2-3H3;3-9H,10H2,1-2H3;3-9H,10,18H2,1-2H3. The highest BCUT2D eigenvalue weighted by atomic mass is 16.6. The Morgan fingerprint density at radius 2 is 0.552 bits per heavy atom. The van der Waals surface area contributed by atoms with Crippen LogP contribution in [0, 0.1) is 20.2 Å². The van der Waals surface area contributed by atoms with Gasteiger partial charge < -0.3 is 40.9 Å². The summed E-state index contributed by atoms with van der Waals surface area (Å²) in [5.74, 6) is 0.145. The van der Waals surface area contributed by atoms with Crippen molar-refractivity contribution in [3.63, 3.8) is 0 Å². The highest BCUT2D eigenvalue weighted by molar-refractivity contribution is 6.26. The second-order valence-electron chi connectivity index (χ2n) is 32.7. The topological polar surface area (TPSA) is 317 Å². The average Bonchev–Trinajstić information content (AvgIpc) is 0.813. The number of nitro groups is 2. The lowest BCUT2D eigenvalue weighted by atomic mass is 9.91. The normalized spacial score (nSPS) is 13.5. The molecule has 25 nitrogen and oxygen atoms in total. The number of fused-ring (bicyclic) bond motifs is 6. The molecule has 6 heterocycles. The van der Waals surface area contributed by atoms with Crippen LogP contribution < -0.4 is 40.9 Å². The summed E-state index contributed by atoms with van der Waals surface area (Å²) in [6, 6.07) is 84.8. The van der Waals surface area contributed by atoms with Gasteiger partial charge in [0.25, 0.3) is 11.4 Å². The molecule has 0 atom stereocenters. The van der Waals surface area contributed by atoms with Gasteiger partial charge in [0, 0.05) is 211 Å². The number of rotatable bonds is 20. The van der Waals surface area contributed by atoms with Crippen molar-refractivity contribution < 1.29 is 33.8 Å². The molecule has 680 valence electrons. The molecule has 0 aromatic heterocycles. The molecule has 0 unspecified atom stereocenters. The minimum absolute atomic E-state index is 0.0181. The van der Waals surface area contributed by atoms with Crippen LogP contribution >= 0.6 is 0 Å². The third-order valence-electron chi connectivity index (χ3n) is 23.9. The fourth-order valence-corrected chi connectivity index (χ4v) is 16.9. The van der Waals surface area contributed by atoms with Gasteiger partial charge in [-0.3, -0.25) is 74.2 Å². The summed E-state index contributed by atoms with van der Waals surface area (Å²) in [7, 11) is 11.5. The molecule has 6 aliphatic heterocycles. The van der Waals surface area contributed by atoms with E-state index < -0.39 is 4.92 Å². The zero-order valence-electron chi connectivity index (χ0n) is 77.7. The van der Waals surface area contributed by atoms with Crippen LogP contribution in [0.15, 0.2) is 303 Å². The Balaban J connectivity index is 0.000000137. The Bertz CT molecular complexity index is 6690. The summed E-state index contributed by atoms with van der Waals surface area (Å²) in [5.41, 5.74) is 40.8. The number of benzene rings is 12. The van der Waals surface area contributed by atoms with E-state index in [0.717, 1.165) is 133 Å². The van der Waals surface area contributed by atoms with Crippen molar-refractivity contribution in [2.75, 3.05) is 162 Å². The second kappa shape index (κ2) is 43.6. The Hall–Kier alpha value is -16.1. The van der Waals surface area contributed by atoms with E-state index in [2.05, 4.69) is 153 Å². The smallest absolute Gasteiger partial charge is 0.293 e. The van der Waals surface area contributed by atoms with Gasteiger partial charge in [-0.15, -0.1) is 0 Å². The average molecular weight is 1790 g/mol. The first-order chi connectivity index (χ1) is 64.7. The molecule has 0 aliphatic carbocycles. The first-order valence-electron chi connectivity index (χ1n) is 44.7. The van der Waals surface area contributed by atoms with E-state index in [-0.39, 0.29) is 77.9 Å². The van der Waals surface area contributed by atoms with Gasteiger partial charge in [0.2, 0.25) is 0 Å². The summed E-state index contributed by atoms with van der Waals surface area (Å²) >= 11 is 0. The molecule has 0 saturated heterocycles. The van der Waals surface area contributed by atoms with E-state index >= 15 is 0 Å². The highest BCUT2D eigenvalue weighted by Crippen LogP contribution is 2.37. The predicted molar refractivity (Wildman–Crippen MR) is 547 cm³/mol. The van der Waals surface area contributed by atoms with Gasteiger partial charge >= 0.3 is 0 Å². The number of hydrogen-bond acceptors (Lipinski definition) is 23. The first kappa shape index (κ1) is 95.5. The molecule has 0 saturated carbocycles. The van der Waals surface area contributed by atoms with Gasteiger partial charge in [-0.2, -0.15) is 0 Å². The zero-order valence-corrected chi connectivity index (χ0v) is 77.7. The molecule has 12 aromatic rings. The second-order valence-corrected chi connectivity index (χ2v) is 32.7. The number of nitro benzene ring substituents is 2. The monoisotopic (exact) mass is 1790 g/mol. The van der Waals surface area contributed by atoms with Crippen LogP contribution in [0.25, 0.3) is 5.57 Å². The van der Waals surface area contributed by atoms with Crippen molar-refractivity contribution in [2.45, 2.75) is 41.5 Å². The van der Waals surface area contributed by atoms with Crippen molar-refractivity contribution in [1.82, 2.24) is 0 Å². The number of nitrogen functional groups attached to an aromatic ring is 2.